The maximum Gasteiger partial charge on any atom is 0.354 e. The second-order valence-electron chi connectivity index (χ2n) is 3.51. The zero-order valence-electron chi connectivity index (χ0n) is 8.86. The van der Waals surface area contributed by atoms with E-state index in [0.29, 0.717) is 10.8 Å². The topological polar surface area (TPSA) is 53.4 Å². The lowest BCUT2D eigenvalue weighted by molar-refractivity contribution is 0.0690. The molecule has 1 aromatic rings. The third-order valence-electron chi connectivity index (χ3n) is 2.16. The van der Waals surface area contributed by atoms with Crippen molar-refractivity contribution in [3.05, 3.63) is 22.8 Å². The van der Waals surface area contributed by atoms with Crippen LogP contribution in [0, 0.1) is 0 Å². The Morgan fingerprint density at radius 1 is 1.53 bits per heavy atom. The number of halogens is 1. The first-order chi connectivity index (χ1) is 6.93. The molecule has 0 unspecified atom stereocenters. The van der Waals surface area contributed by atoms with Gasteiger partial charge in [-0.15, -0.1) is 0 Å². The molecule has 0 aliphatic carbocycles. The molecular weight excluding hydrogens is 216 g/mol. The summed E-state index contributed by atoms with van der Waals surface area (Å²) in [6.45, 7) is 3.96. The van der Waals surface area contributed by atoms with E-state index in [4.69, 9.17) is 16.7 Å². The molecule has 4 nitrogen and oxygen atoms in total. The predicted octanol–water partition coefficient (Wildman–Crippen LogP) is 2.28. The monoisotopic (exact) mass is 228 g/mol. The van der Waals surface area contributed by atoms with E-state index in [1.165, 1.54) is 6.07 Å². The van der Waals surface area contributed by atoms with E-state index in [0.717, 1.165) is 0 Å². The highest BCUT2D eigenvalue weighted by Gasteiger charge is 2.14. The Hall–Kier alpha value is -1.29. The molecule has 0 amide bonds. The number of pyridine rings is 1. The molecule has 0 aliphatic rings. The summed E-state index contributed by atoms with van der Waals surface area (Å²) in [7, 11) is 1.82. The minimum absolute atomic E-state index is 0.00176. The third-order valence-corrected chi connectivity index (χ3v) is 2.45. The first-order valence-electron chi connectivity index (χ1n) is 4.56. The average molecular weight is 229 g/mol. The van der Waals surface area contributed by atoms with Crippen molar-refractivity contribution in [2.75, 3.05) is 11.9 Å². The summed E-state index contributed by atoms with van der Waals surface area (Å²) in [5.41, 5.74) is 0.00176. The molecule has 0 bridgehead atoms. The summed E-state index contributed by atoms with van der Waals surface area (Å²) < 4.78 is 0. The molecule has 0 spiro atoms. The van der Waals surface area contributed by atoms with Crippen LogP contribution in [0.1, 0.15) is 24.3 Å². The molecule has 0 fully saturated rings. The van der Waals surface area contributed by atoms with E-state index in [1.807, 2.05) is 25.8 Å². The van der Waals surface area contributed by atoms with Crippen molar-refractivity contribution in [3.63, 3.8) is 0 Å². The van der Waals surface area contributed by atoms with E-state index in [9.17, 15) is 4.79 Å². The average Bonchev–Trinajstić information content (AvgIpc) is 2.16. The van der Waals surface area contributed by atoms with Crippen LogP contribution in [0.25, 0.3) is 0 Å². The van der Waals surface area contributed by atoms with Gasteiger partial charge in [0.15, 0.2) is 5.69 Å². The molecule has 0 atom stereocenters. The number of aromatic carboxylic acids is 1. The lowest BCUT2D eigenvalue weighted by Crippen LogP contribution is -2.27. The van der Waals surface area contributed by atoms with Gasteiger partial charge >= 0.3 is 5.97 Å². The van der Waals surface area contributed by atoms with Gasteiger partial charge in [0.25, 0.3) is 0 Å². The van der Waals surface area contributed by atoms with Crippen molar-refractivity contribution < 1.29 is 9.90 Å². The lowest BCUT2D eigenvalue weighted by atomic mass is 10.3. The fourth-order valence-electron chi connectivity index (χ4n) is 1.04. The molecule has 1 rings (SSSR count). The van der Waals surface area contributed by atoms with Gasteiger partial charge in [0, 0.05) is 13.1 Å². The number of carboxylic acid groups (broad SMARTS) is 1. The van der Waals surface area contributed by atoms with E-state index in [2.05, 4.69) is 4.98 Å². The highest BCUT2D eigenvalue weighted by atomic mass is 35.5. The number of carboxylic acids is 1. The standard InChI is InChI=1S/C10H13ClN2O2/c1-6(2)13(3)9-7(11)4-5-8(12-9)10(14)15/h4-6H,1-3H3,(H,14,15). The first-order valence-corrected chi connectivity index (χ1v) is 4.94. The molecule has 0 saturated heterocycles. The van der Waals surface area contributed by atoms with Crippen LogP contribution < -0.4 is 4.90 Å². The minimum Gasteiger partial charge on any atom is -0.477 e. The van der Waals surface area contributed by atoms with Crippen LogP contribution in [0.5, 0.6) is 0 Å². The van der Waals surface area contributed by atoms with E-state index in [1.54, 1.807) is 6.07 Å². The lowest BCUT2D eigenvalue weighted by Gasteiger charge is -2.23. The first kappa shape index (κ1) is 11.8. The molecule has 1 aromatic heterocycles. The summed E-state index contributed by atoms with van der Waals surface area (Å²) in [6.07, 6.45) is 0. The SMILES string of the molecule is CC(C)N(C)c1nc(C(=O)O)ccc1Cl. The van der Waals surface area contributed by atoms with E-state index >= 15 is 0 Å². The summed E-state index contributed by atoms with van der Waals surface area (Å²) in [4.78, 5) is 16.5. The molecule has 0 saturated carbocycles. The number of hydrogen-bond donors (Lipinski definition) is 1. The molecule has 1 N–H and O–H groups in total. The third kappa shape index (κ3) is 2.59. The van der Waals surface area contributed by atoms with Gasteiger partial charge in [-0.1, -0.05) is 11.6 Å². The van der Waals surface area contributed by atoms with Crippen LogP contribution in [0.15, 0.2) is 12.1 Å². The van der Waals surface area contributed by atoms with Gasteiger partial charge < -0.3 is 10.0 Å². The Bertz CT molecular complexity index is 380. The molecule has 0 aromatic carbocycles. The fourth-order valence-corrected chi connectivity index (χ4v) is 1.28. The van der Waals surface area contributed by atoms with Gasteiger partial charge in [0.05, 0.1) is 5.02 Å². The van der Waals surface area contributed by atoms with Crippen molar-refractivity contribution in [2.45, 2.75) is 19.9 Å². The van der Waals surface area contributed by atoms with Crippen LogP contribution in [-0.4, -0.2) is 29.1 Å². The Labute approximate surface area is 93.5 Å². The summed E-state index contributed by atoms with van der Waals surface area (Å²) >= 11 is 5.94. The Balaban J connectivity index is 3.16. The highest BCUT2D eigenvalue weighted by molar-refractivity contribution is 6.33. The Morgan fingerprint density at radius 2 is 2.13 bits per heavy atom. The minimum atomic E-state index is -1.05. The number of anilines is 1. The van der Waals surface area contributed by atoms with Crippen LogP contribution in [-0.2, 0) is 0 Å². The van der Waals surface area contributed by atoms with Gasteiger partial charge in [-0.25, -0.2) is 9.78 Å². The zero-order valence-corrected chi connectivity index (χ0v) is 9.62. The molecule has 5 heteroatoms. The quantitative estimate of drug-likeness (QED) is 0.863. The number of nitrogens with zero attached hydrogens (tertiary/aromatic N) is 2. The van der Waals surface area contributed by atoms with Crippen LogP contribution in [0.4, 0.5) is 5.82 Å². The van der Waals surface area contributed by atoms with Crippen LogP contribution in [0.2, 0.25) is 5.02 Å². The molecule has 82 valence electrons. The molecular formula is C10H13ClN2O2. The number of hydrogen-bond acceptors (Lipinski definition) is 3. The van der Waals surface area contributed by atoms with Crippen molar-refractivity contribution in [1.29, 1.82) is 0 Å². The van der Waals surface area contributed by atoms with Gasteiger partial charge in [-0.05, 0) is 26.0 Å². The molecule has 1 heterocycles. The maximum absolute atomic E-state index is 10.7. The van der Waals surface area contributed by atoms with Crippen molar-refractivity contribution in [2.24, 2.45) is 0 Å². The number of carbonyl (C=O) groups is 1. The van der Waals surface area contributed by atoms with Crippen molar-refractivity contribution >= 4 is 23.4 Å². The van der Waals surface area contributed by atoms with Gasteiger partial charge in [0.2, 0.25) is 0 Å². The highest BCUT2D eigenvalue weighted by Crippen LogP contribution is 2.24. The van der Waals surface area contributed by atoms with Gasteiger partial charge in [-0.2, -0.15) is 0 Å². The maximum atomic E-state index is 10.7. The Kier molecular flexibility index (Phi) is 3.52. The van der Waals surface area contributed by atoms with E-state index < -0.39 is 5.97 Å². The largest absolute Gasteiger partial charge is 0.477 e. The normalized spacial score (nSPS) is 10.5. The van der Waals surface area contributed by atoms with Crippen molar-refractivity contribution in [1.82, 2.24) is 4.98 Å². The Morgan fingerprint density at radius 3 is 2.60 bits per heavy atom. The van der Waals surface area contributed by atoms with Crippen LogP contribution >= 0.6 is 11.6 Å². The number of rotatable bonds is 3. The summed E-state index contributed by atoms with van der Waals surface area (Å²) in [5.74, 6) is -0.559. The summed E-state index contributed by atoms with van der Waals surface area (Å²) in [6, 6.07) is 3.15. The molecule has 15 heavy (non-hydrogen) atoms. The predicted molar refractivity (Wildman–Crippen MR) is 59.7 cm³/mol. The smallest absolute Gasteiger partial charge is 0.354 e. The molecule has 0 radical (unpaired) electrons. The van der Waals surface area contributed by atoms with Gasteiger partial charge in [0.1, 0.15) is 5.82 Å². The molecule has 0 aliphatic heterocycles. The summed E-state index contributed by atoms with van der Waals surface area (Å²) in [5, 5.41) is 9.25. The second kappa shape index (κ2) is 4.49. The zero-order chi connectivity index (χ0) is 11.6. The fraction of sp³-hybridized carbons (Fsp3) is 0.400. The number of aromatic nitrogens is 1. The second-order valence-corrected chi connectivity index (χ2v) is 3.92. The van der Waals surface area contributed by atoms with Crippen LogP contribution in [0.3, 0.4) is 0 Å². The van der Waals surface area contributed by atoms with E-state index in [-0.39, 0.29) is 11.7 Å². The van der Waals surface area contributed by atoms with Crippen molar-refractivity contribution in [3.8, 4) is 0 Å². The van der Waals surface area contributed by atoms with Gasteiger partial charge in [-0.3, -0.25) is 0 Å².